The molecule has 0 saturated carbocycles. The van der Waals surface area contributed by atoms with E-state index in [0.29, 0.717) is 0 Å². The van der Waals surface area contributed by atoms with Gasteiger partial charge in [-0.25, -0.2) is 0 Å². The first-order valence-corrected chi connectivity index (χ1v) is 15.8. The molecule has 0 unspecified atom stereocenters. The molecule has 0 N–H and O–H groups in total. The molecule has 0 bridgehead atoms. The largest absolute Gasteiger partial charge is 0.381 e. The number of hydrogen-bond donors (Lipinski definition) is 0. The van der Waals surface area contributed by atoms with Crippen LogP contribution < -0.4 is 0 Å². The average molecular weight is 581 g/mol. The zero-order valence-electron chi connectivity index (χ0n) is 25.3. The fourth-order valence-corrected chi connectivity index (χ4v) is 3.65. The third kappa shape index (κ3) is 32.1. The third-order valence-electron chi connectivity index (χ3n) is 5.77. The highest BCUT2D eigenvalue weighted by atomic mass is 16.5. The SMILES string of the molecule is C1COCCCOCCCOCCCOCCCOCCCOCCCOCCCOCCCOCCCOC1. The van der Waals surface area contributed by atoms with Crippen LogP contribution in [0, 0.1) is 0 Å². The van der Waals surface area contributed by atoms with E-state index in [0.717, 1.165) is 196 Å². The zero-order valence-corrected chi connectivity index (χ0v) is 25.3. The molecule has 0 amide bonds. The monoisotopic (exact) mass is 580 g/mol. The summed E-state index contributed by atoms with van der Waals surface area (Å²) in [5.41, 5.74) is 0. The van der Waals surface area contributed by atoms with Crippen molar-refractivity contribution in [2.24, 2.45) is 0 Å². The molecule has 10 heteroatoms. The predicted molar refractivity (Wildman–Crippen MR) is 154 cm³/mol. The van der Waals surface area contributed by atoms with Gasteiger partial charge in [-0.05, 0) is 64.2 Å². The van der Waals surface area contributed by atoms with Gasteiger partial charge in [-0.3, -0.25) is 0 Å². The van der Waals surface area contributed by atoms with Crippen LogP contribution in [0.2, 0.25) is 0 Å². The summed E-state index contributed by atoms with van der Waals surface area (Å²) in [5.74, 6) is 0. The van der Waals surface area contributed by atoms with E-state index >= 15 is 0 Å². The molecule has 1 aliphatic heterocycles. The van der Waals surface area contributed by atoms with E-state index < -0.39 is 0 Å². The summed E-state index contributed by atoms with van der Waals surface area (Å²) in [5, 5.41) is 0. The van der Waals surface area contributed by atoms with Gasteiger partial charge in [0, 0.05) is 132 Å². The van der Waals surface area contributed by atoms with Crippen molar-refractivity contribution >= 4 is 0 Å². The average Bonchev–Trinajstić information content (AvgIpc) is 2.97. The summed E-state index contributed by atoms with van der Waals surface area (Å²) >= 11 is 0. The maximum Gasteiger partial charge on any atom is 0.0488 e. The van der Waals surface area contributed by atoms with Gasteiger partial charge in [0.05, 0.1) is 0 Å². The summed E-state index contributed by atoms with van der Waals surface area (Å²) in [4.78, 5) is 0. The predicted octanol–water partition coefficient (Wildman–Crippen LogP) is 4.07. The molecule has 1 saturated heterocycles. The molecule has 1 aliphatic rings. The van der Waals surface area contributed by atoms with Crippen LogP contribution in [0.4, 0.5) is 0 Å². The molecule has 1 heterocycles. The minimum Gasteiger partial charge on any atom is -0.381 e. The number of ether oxygens (including phenoxy) is 10. The van der Waals surface area contributed by atoms with Crippen LogP contribution in [0.15, 0.2) is 0 Å². The Bertz CT molecular complexity index is 245. The number of rotatable bonds is 0. The molecule has 240 valence electrons. The van der Waals surface area contributed by atoms with Gasteiger partial charge in [0.2, 0.25) is 0 Å². The highest BCUT2D eigenvalue weighted by molar-refractivity contribution is 4.44. The second kappa shape index (κ2) is 34.8. The first-order chi connectivity index (χ1) is 20.0. The van der Waals surface area contributed by atoms with Crippen molar-refractivity contribution in [3.05, 3.63) is 0 Å². The van der Waals surface area contributed by atoms with E-state index in [-0.39, 0.29) is 0 Å². The van der Waals surface area contributed by atoms with Gasteiger partial charge in [0.25, 0.3) is 0 Å². The van der Waals surface area contributed by atoms with Crippen molar-refractivity contribution in [3.8, 4) is 0 Å². The van der Waals surface area contributed by atoms with Crippen LogP contribution >= 0.6 is 0 Å². The lowest BCUT2D eigenvalue weighted by Gasteiger charge is -2.08. The Labute approximate surface area is 243 Å². The standard InChI is InChI=1S/C30H60O10/c1-11-31-13-2-15-33-17-4-19-35-21-6-23-37-25-8-27-39-29-10-30-40-28-9-26-38-24-7-22-36-20-5-18-34-16-3-14-32-12-1/h1-30H2. The molecule has 0 radical (unpaired) electrons. The van der Waals surface area contributed by atoms with Crippen molar-refractivity contribution in [2.75, 3.05) is 132 Å². The fraction of sp³-hybridized carbons (Fsp3) is 1.00. The van der Waals surface area contributed by atoms with Crippen LogP contribution in [0.1, 0.15) is 64.2 Å². The van der Waals surface area contributed by atoms with Gasteiger partial charge in [0.15, 0.2) is 0 Å². The van der Waals surface area contributed by atoms with Crippen LogP contribution in [0.5, 0.6) is 0 Å². The minimum atomic E-state index is 0.725. The number of hydrogen-bond acceptors (Lipinski definition) is 10. The Hall–Kier alpha value is -0.400. The van der Waals surface area contributed by atoms with Gasteiger partial charge in [-0.2, -0.15) is 0 Å². The smallest absolute Gasteiger partial charge is 0.0488 e. The fourth-order valence-electron chi connectivity index (χ4n) is 3.65. The lowest BCUT2D eigenvalue weighted by atomic mass is 10.4. The van der Waals surface area contributed by atoms with Gasteiger partial charge in [0.1, 0.15) is 0 Å². The summed E-state index contributed by atoms with van der Waals surface area (Å²) < 4.78 is 56.4. The Morgan fingerprint density at radius 3 is 0.275 bits per heavy atom. The molecule has 0 spiro atoms. The maximum absolute atomic E-state index is 5.64. The summed E-state index contributed by atoms with van der Waals surface area (Å²) in [7, 11) is 0. The highest BCUT2D eigenvalue weighted by Crippen LogP contribution is 1.96. The second-order valence-electron chi connectivity index (χ2n) is 9.66. The molecule has 0 aromatic rings. The lowest BCUT2D eigenvalue weighted by Crippen LogP contribution is -2.09. The first kappa shape index (κ1) is 37.6. The molecule has 40 heavy (non-hydrogen) atoms. The van der Waals surface area contributed by atoms with E-state index in [2.05, 4.69) is 0 Å². The highest BCUT2D eigenvalue weighted by Gasteiger charge is 1.98. The Balaban J connectivity index is 2.00. The third-order valence-corrected chi connectivity index (χ3v) is 5.77. The van der Waals surface area contributed by atoms with Gasteiger partial charge < -0.3 is 47.4 Å². The van der Waals surface area contributed by atoms with Crippen LogP contribution in [0.25, 0.3) is 0 Å². The van der Waals surface area contributed by atoms with Crippen LogP contribution in [0.3, 0.4) is 0 Å². The van der Waals surface area contributed by atoms with Crippen molar-refractivity contribution in [1.29, 1.82) is 0 Å². The Kier molecular flexibility index (Phi) is 32.7. The van der Waals surface area contributed by atoms with Crippen molar-refractivity contribution in [3.63, 3.8) is 0 Å². The van der Waals surface area contributed by atoms with E-state index in [1.807, 2.05) is 0 Å². The normalized spacial score (nSPS) is 24.0. The molecule has 10 nitrogen and oxygen atoms in total. The van der Waals surface area contributed by atoms with E-state index in [1.165, 1.54) is 0 Å². The molecule has 0 aromatic carbocycles. The minimum absolute atomic E-state index is 0.725. The molecular weight excluding hydrogens is 520 g/mol. The summed E-state index contributed by atoms with van der Waals surface area (Å²) in [6.45, 7) is 14.5. The quantitative estimate of drug-likeness (QED) is 0.418. The first-order valence-electron chi connectivity index (χ1n) is 15.8. The zero-order chi connectivity index (χ0) is 28.3. The van der Waals surface area contributed by atoms with Crippen molar-refractivity contribution in [2.45, 2.75) is 64.2 Å². The van der Waals surface area contributed by atoms with E-state index in [9.17, 15) is 0 Å². The van der Waals surface area contributed by atoms with Gasteiger partial charge in [-0.15, -0.1) is 0 Å². The van der Waals surface area contributed by atoms with E-state index in [4.69, 9.17) is 47.4 Å². The topological polar surface area (TPSA) is 92.3 Å². The summed E-state index contributed by atoms with van der Waals surface area (Å²) in [6, 6.07) is 0. The van der Waals surface area contributed by atoms with Crippen molar-refractivity contribution in [1.82, 2.24) is 0 Å². The van der Waals surface area contributed by atoms with E-state index in [1.54, 1.807) is 0 Å². The van der Waals surface area contributed by atoms with Gasteiger partial charge in [-0.1, -0.05) is 0 Å². The van der Waals surface area contributed by atoms with Gasteiger partial charge >= 0.3 is 0 Å². The maximum atomic E-state index is 5.64. The second-order valence-corrected chi connectivity index (χ2v) is 9.66. The molecule has 0 atom stereocenters. The molecular formula is C30H60O10. The van der Waals surface area contributed by atoms with Crippen LogP contribution in [-0.2, 0) is 47.4 Å². The van der Waals surface area contributed by atoms with Crippen LogP contribution in [-0.4, -0.2) is 132 Å². The lowest BCUT2D eigenvalue weighted by molar-refractivity contribution is 0.0375. The molecule has 0 aliphatic carbocycles. The van der Waals surface area contributed by atoms with Crippen molar-refractivity contribution < 1.29 is 47.4 Å². The molecule has 1 fully saturated rings. The Morgan fingerprint density at radius 1 is 0.125 bits per heavy atom. The Morgan fingerprint density at radius 2 is 0.200 bits per heavy atom. The summed E-state index contributed by atoms with van der Waals surface area (Å²) in [6.07, 6.45) is 9.12. The molecule has 1 rings (SSSR count). The molecule has 0 aromatic heterocycles.